The Kier molecular flexibility index (Phi) is 2.75. The largest absolute Gasteiger partial charge is 0.321 e. The van der Waals surface area contributed by atoms with Crippen molar-refractivity contribution >= 4 is 11.6 Å². The number of rotatable bonds is 2. The number of anilines is 1. The number of benzene rings is 1. The van der Waals surface area contributed by atoms with Crippen LogP contribution in [-0.2, 0) is 0 Å². The van der Waals surface area contributed by atoms with E-state index in [2.05, 4.69) is 15.5 Å². The summed E-state index contributed by atoms with van der Waals surface area (Å²) in [6.07, 6.45) is 0. The first kappa shape index (κ1) is 10.7. The number of hydrogen-bond donors (Lipinski definition) is 3. The summed E-state index contributed by atoms with van der Waals surface area (Å²) >= 11 is 0. The monoisotopic (exact) mass is 228 g/mol. The van der Waals surface area contributed by atoms with Crippen molar-refractivity contribution in [3.05, 3.63) is 51.9 Å². The van der Waals surface area contributed by atoms with E-state index in [4.69, 9.17) is 5.26 Å². The lowest BCUT2D eigenvalue weighted by Gasteiger charge is -2.02. The van der Waals surface area contributed by atoms with E-state index >= 15 is 0 Å². The molecule has 6 heteroatoms. The van der Waals surface area contributed by atoms with Crippen molar-refractivity contribution in [2.75, 3.05) is 5.32 Å². The SMILES string of the molecule is N#Cc1ccc(NC(=O)c2cc(=O)[nH][nH]2)cc1. The Bertz CT molecular complexity index is 630. The molecule has 0 spiro atoms. The van der Waals surface area contributed by atoms with Gasteiger partial charge < -0.3 is 5.32 Å². The molecule has 0 fully saturated rings. The quantitative estimate of drug-likeness (QED) is 0.709. The van der Waals surface area contributed by atoms with Crippen molar-refractivity contribution < 1.29 is 4.79 Å². The molecule has 84 valence electrons. The van der Waals surface area contributed by atoms with Crippen LogP contribution < -0.4 is 10.9 Å². The lowest BCUT2D eigenvalue weighted by molar-refractivity contribution is 0.102. The Morgan fingerprint density at radius 1 is 1.24 bits per heavy atom. The fourth-order valence-electron chi connectivity index (χ4n) is 1.28. The third-order valence-corrected chi connectivity index (χ3v) is 2.11. The second-order valence-corrected chi connectivity index (χ2v) is 3.32. The van der Waals surface area contributed by atoms with Crippen LogP contribution in [0.4, 0.5) is 5.69 Å². The lowest BCUT2D eigenvalue weighted by atomic mass is 10.2. The van der Waals surface area contributed by atoms with Gasteiger partial charge in [-0.1, -0.05) is 0 Å². The predicted molar refractivity (Wildman–Crippen MR) is 60.5 cm³/mol. The minimum absolute atomic E-state index is 0.152. The van der Waals surface area contributed by atoms with Crippen LogP contribution in [0.5, 0.6) is 0 Å². The third kappa shape index (κ3) is 2.41. The fourth-order valence-corrected chi connectivity index (χ4v) is 1.28. The Morgan fingerprint density at radius 3 is 2.47 bits per heavy atom. The summed E-state index contributed by atoms with van der Waals surface area (Å²) in [6, 6.07) is 9.55. The zero-order chi connectivity index (χ0) is 12.3. The highest BCUT2D eigenvalue weighted by Gasteiger charge is 2.07. The molecule has 1 aromatic carbocycles. The van der Waals surface area contributed by atoms with Gasteiger partial charge >= 0.3 is 0 Å². The predicted octanol–water partition coefficient (Wildman–Crippen LogP) is 0.827. The van der Waals surface area contributed by atoms with Crippen molar-refractivity contribution in [2.24, 2.45) is 0 Å². The van der Waals surface area contributed by atoms with Gasteiger partial charge in [-0.05, 0) is 24.3 Å². The summed E-state index contributed by atoms with van der Waals surface area (Å²) in [5, 5.41) is 15.9. The number of H-pyrrole nitrogens is 2. The van der Waals surface area contributed by atoms with Gasteiger partial charge in [-0.15, -0.1) is 0 Å². The maximum atomic E-state index is 11.6. The van der Waals surface area contributed by atoms with Crippen LogP contribution in [-0.4, -0.2) is 16.1 Å². The number of nitrogens with zero attached hydrogens (tertiary/aromatic N) is 1. The molecule has 0 unspecified atom stereocenters. The summed E-state index contributed by atoms with van der Waals surface area (Å²) in [5.74, 6) is -0.423. The Morgan fingerprint density at radius 2 is 1.94 bits per heavy atom. The van der Waals surface area contributed by atoms with Gasteiger partial charge in [-0.3, -0.25) is 19.8 Å². The Hall–Kier alpha value is -2.81. The van der Waals surface area contributed by atoms with E-state index in [0.717, 1.165) is 0 Å². The molecule has 0 aliphatic carbocycles. The normalized spacial score (nSPS) is 9.59. The van der Waals surface area contributed by atoms with E-state index in [1.165, 1.54) is 6.07 Å². The van der Waals surface area contributed by atoms with Crippen LogP contribution in [0.3, 0.4) is 0 Å². The van der Waals surface area contributed by atoms with Crippen molar-refractivity contribution in [1.29, 1.82) is 5.26 Å². The molecule has 0 bridgehead atoms. The average Bonchev–Trinajstić information content (AvgIpc) is 2.77. The zero-order valence-corrected chi connectivity index (χ0v) is 8.65. The van der Waals surface area contributed by atoms with Gasteiger partial charge in [0.25, 0.3) is 11.5 Å². The van der Waals surface area contributed by atoms with Crippen molar-refractivity contribution in [1.82, 2.24) is 10.2 Å². The van der Waals surface area contributed by atoms with Gasteiger partial charge in [0.15, 0.2) is 0 Å². The van der Waals surface area contributed by atoms with Gasteiger partial charge in [0.2, 0.25) is 0 Å². The van der Waals surface area contributed by atoms with E-state index in [1.807, 2.05) is 6.07 Å². The van der Waals surface area contributed by atoms with Crippen molar-refractivity contribution in [3.8, 4) is 6.07 Å². The first-order chi connectivity index (χ1) is 8.19. The number of nitrogens with one attached hydrogen (secondary N) is 3. The third-order valence-electron chi connectivity index (χ3n) is 2.11. The smallest absolute Gasteiger partial charge is 0.273 e. The maximum Gasteiger partial charge on any atom is 0.273 e. The molecular weight excluding hydrogens is 220 g/mol. The molecule has 0 radical (unpaired) electrons. The Balaban J connectivity index is 2.13. The maximum absolute atomic E-state index is 11.6. The number of carbonyl (C=O) groups is 1. The molecule has 2 aromatic rings. The van der Waals surface area contributed by atoms with E-state index in [-0.39, 0.29) is 11.3 Å². The average molecular weight is 228 g/mol. The van der Waals surface area contributed by atoms with Crippen LogP contribution >= 0.6 is 0 Å². The molecule has 3 N–H and O–H groups in total. The van der Waals surface area contributed by atoms with Crippen molar-refractivity contribution in [3.63, 3.8) is 0 Å². The number of nitriles is 1. The summed E-state index contributed by atoms with van der Waals surface area (Å²) in [7, 11) is 0. The van der Waals surface area contributed by atoms with Crippen LogP contribution in [0.25, 0.3) is 0 Å². The van der Waals surface area contributed by atoms with Crippen LogP contribution in [0.2, 0.25) is 0 Å². The summed E-state index contributed by atoms with van der Waals surface area (Å²) in [4.78, 5) is 22.4. The van der Waals surface area contributed by atoms with E-state index in [0.29, 0.717) is 11.3 Å². The number of aromatic nitrogens is 2. The second kappa shape index (κ2) is 4.37. The topological polar surface area (TPSA) is 102 Å². The molecule has 1 aromatic heterocycles. The van der Waals surface area contributed by atoms with Gasteiger partial charge in [0.1, 0.15) is 5.69 Å². The molecular formula is C11H8N4O2. The van der Waals surface area contributed by atoms with Gasteiger partial charge in [-0.25, -0.2) is 0 Å². The molecule has 1 heterocycles. The van der Waals surface area contributed by atoms with E-state index < -0.39 is 5.91 Å². The highest BCUT2D eigenvalue weighted by molar-refractivity contribution is 6.02. The van der Waals surface area contributed by atoms with Crippen molar-refractivity contribution in [2.45, 2.75) is 0 Å². The first-order valence-corrected chi connectivity index (χ1v) is 4.78. The number of amides is 1. The zero-order valence-electron chi connectivity index (χ0n) is 8.65. The molecule has 17 heavy (non-hydrogen) atoms. The summed E-state index contributed by atoms with van der Waals surface area (Å²) in [5.41, 5.74) is 0.850. The lowest BCUT2D eigenvalue weighted by Crippen LogP contribution is -2.12. The van der Waals surface area contributed by atoms with Crippen LogP contribution in [0.15, 0.2) is 35.1 Å². The Labute approximate surface area is 95.9 Å². The van der Waals surface area contributed by atoms with Gasteiger partial charge in [-0.2, -0.15) is 5.26 Å². The van der Waals surface area contributed by atoms with Crippen LogP contribution in [0, 0.1) is 11.3 Å². The second-order valence-electron chi connectivity index (χ2n) is 3.32. The number of aromatic amines is 2. The van der Waals surface area contributed by atoms with E-state index in [1.54, 1.807) is 24.3 Å². The molecule has 2 rings (SSSR count). The highest BCUT2D eigenvalue weighted by Crippen LogP contribution is 2.09. The first-order valence-electron chi connectivity index (χ1n) is 4.78. The van der Waals surface area contributed by atoms with Gasteiger partial charge in [0.05, 0.1) is 11.6 Å². The highest BCUT2D eigenvalue weighted by atomic mass is 16.2. The molecule has 1 amide bonds. The minimum atomic E-state index is -0.423. The number of carbonyl (C=O) groups excluding carboxylic acids is 1. The number of hydrogen-bond acceptors (Lipinski definition) is 3. The molecule has 0 saturated heterocycles. The summed E-state index contributed by atoms with van der Waals surface area (Å²) < 4.78 is 0. The van der Waals surface area contributed by atoms with Gasteiger partial charge in [0, 0.05) is 11.8 Å². The minimum Gasteiger partial charge on any atom is -0.321 e. The fraction of sp³-hybridized carbons (Fsp3) is 0. The molecule has 6 nitrogen and oxygen atoms in total. The van der Waals surface area contributed by atoms with E-state index in [9.17, 15) is 9.59 Å². The molecule has 0 aliphatic rings. The van der Waals surface area contributed by atoms with Crippen LogP contribution in [0.1, 0.15) is 16.1 Å². The molecule has 0 atom stereocenters. The summed E-state index contributed by atoms with van der Waals surface area (Å²) in [6.45, 7) is 0. The standard InChI is InChI=1S/C11H8N4O2/c12-6-7-1-3-8(4-2-7)13-11(17)9-5-10(16)15-14-9/h1-5H,(H,13,17)(H2,14,15,16). The molecule has 0 saturated carbocycles. The molecule has 0 aliphatic heterocycles.